The van der Waals surface area contributed by atoms with Gasteiger partial charge in [0.2, 0.25) is 0 Å². The predicted octanol–water partition coefficient (Wildman–Crippen LogP) is 2.57. The van der Waals surface area contributed by atoms with Crippen LogP contribution in [0, 0.1) is 5.92 Å². The highest BCUT2D eigenvalue weighted by Crippen LogP contribution is 2.37. The zero-order valence-electron chi connectivity index (χ0n) is 14.5. The molecule has 0 radical (unpaired) electrons. The van der Waals surface area contributed by atoms with Crippen LogP contribution in [-0.4, -0.2) is 57.0 Å². The standard InChI is InChI=1S/C18H26N4OS/c1-13(2)15-12-22(4-3-20-15)16-10-19-11-17-14(16)9-18(24-17)21-5-7-23-8-6-21/h9-11,13,15,20H,3-8,12H2,1-2H3. The second-order valence-corrected chi connectivity index (χ2v) is 8.07. The second-order valence-electron chi connectivity index (χ2n) is 7.01. The van der Waals surface area contributed by atoms with E-state index in [1.165, 1.54) is 20.8 Å². The van der Waals surface area contributed by atoms with Crippen LogP contribution in [0.1, 0.15) is 13.8 Å². The highest BCUT2D eigenvalue weighted by molar-refractivity contribution is 7.22. The van der Waals surface area contributed by atoms with Crippen molar-refractivity contribution >= 4 is 32.1 Å². The number of anilines is 2. The molecule has 0 amide bonds. The number of hydrogen-bond donors (Lipinski definition) is 1. The Labute approximate surface area is 147 Å². The summed E-state index contributed by atoms with van der Waals surface area (Å²) >= 11 is 1.85. The Morgan fingerprint density at radius 1 is 1.21 bits per heavy atom. The Morgan fingerprint density at radius 2 is 2.04 bits per heavy atom. The average molecular weight is 347 g/mol. The zero-order valence-corrected chi connectivity index (χ0v) is 15.3. The van der Waals surface area contributed by atoms with E-state index in [0.29, 0.717) is 12.0 Å². The van der Waals surface area contributed by atoms with Crippen LogP contribution in [0.2, 0.25) is 0 Å². The van der Waals surface area contributed by atoms with Crippen molar-refractivity contribution in [3.8, 4) is 0 Å². The van der Waals surface area contributed by atoms with E-state index in [9.17, 15) is 0 Å². The van der Waals surface area contributed by atoms with Gasteiger partial charge < -0.3 is 19.9 Å². The van der Waals surface area contributed by atoms with Crippen molar-refractivity contribution in [2.24, 2.45) is 5.92 Å². The Kier molecular flexibility index (Phi) is 4.61. The summed E-state index contributed by atoms with van der Waals surface area (Å²) in [6.07, 6.45) is 4.05. The summed E-state index contributed by atoms with van der Waals surface area (Å²) < 4.78 is 6.77. The molecule has 130 valence electrons. The quantitative estimate of drug-likeness (QED) is 0.925. The first-order chi connectivity index (χ1) is 11.7. The monoisotopic (exact) mass is 346 g/mol. The molecule has 4 rings (SSSR count). The molecule has 2 aromatic heterocycles. The summed E-state index contributed by atoms with van der Waals surface area (Å²) in [5.41, 5.74) is 1.29. The van der Waals surface area contributed by atoms with Crippen LogP contribution in [-0.2, 0) is 4.74 Å². The van der Waals surface area contributed by atoms with Gasteiger partial charge in [0.05, 0.1) is 34.8 Å². The lowest BCUT2D eigenvalue weighted by Gasteiger charge is -2.37. The molecule has 4 heterocycles. The normalized spacial score (nSPS) is 22.5. The molecule has 1 atom stereocenters. The van der Waals surface area contributed by atoms with E-state index in [0.717, 1.165) is 45.9 Å². The molecule has 1 N–H and O–H groups in total. The number of morpholine rings is 1. The molecule has 2 aromatic rings. The minimum atomic E-state index is 0.548. The fourth-order valence-electron chi connectivity index (χ4n) is 3.57. The zero-order chi connectivity index (χ0) is 16.5. The number of piperazine rings is 1. The number of nitrogens with one attached hydrogen (secondary N) is 1. The molecule has 5 nitrogen and oxygen atoms in total. The first kappa shape index (κ1) is 16.1. The third kappa shape index (κ3) is 3.10. The molecule has 2 aliphatic heterocycles. The summed E-state index contributed by atoms with van der Waals surface area (Å²) in [5, 5.41) is 6.34. The van der Waals surface area contributed by atoms with E-state index in [1.807, 2.05) is 23.7 Å². The fraction of sp³-hybridized carbons (Fsp3) is 0.611. The maximum Gasteiger partial charge on any atom is 0.0923 e. The first-order valence-electron chi connectivity index (χ1n) is 8.91. The van der Waals surface area contributed by atoms with Crippen molar-refractivity contribution in [1.82, 2.24) is 10.3 Å². The van der Waals surface area contributed by atoms with Gasteiger partial charge in [-0.05, 0) is 12.0 Å². The highest BCUT2D eigenvalue weighted by Gasteiger charge is 2.24. The Balaban J connectivity index is 1.64. The Morgan fingerprint density at radius 3 is 2.83 bits per heavy atom. The Hall–Kier alpha value is -1.37. The lowest BCUT2D eigenvalue weighted by Crippen LogP contribution is -2.53. The smallest absolute Gasteiger partial charge is 0.0923 e. The van der Waals surface area contributed by atoms with Gasteiger partial charge in [-0.15, -0.1) is 11.3 Å². The number of aromatic nitrogens is 1. The maximum absolute atomic E-state index is 5.48. The number of fused-ring (bicyclic) bond motifs is 1. The van der Waals surface area contributed by atoms with E-state index < -0.39 is 0 Å². The lowest BCUT2D eigenvalue weighted by atomic mass is 10.0. The average Bonchev–Trinajstić information content (AvgIpc) is 3.07. The van der Waals surface area contributed by atoms with E-state index in [1.54, 1.807) is 0 Å². The molecule has 6 heteroatoms. The van der Waals surface area contributed by atoms with Crippen molar-refractivity contribution < 1.29 is 4.74 Å². The third-order valence-electron chi connectivity index (χ3n) is 5.09. The van der Waals surface area contributed by atoms with Gasteiger partial charge in [0, 0.05) is 50.3 Å². The van der Waals surface area contributed by atoms with E-state index in [4.69, 9.17) is 4.74 Å². The van der Waals surface area contributed by atoms with Gasteiger partial charge in [0.15, 0.2) is 0 Å². The molecule has 0 bridgehead atoms. The summed E-state index contributed by atoms with van der Waals surface area (Å²) in [5.74, 6) is 0.645. The Bertz CT molecular complexity index is 695. The summed E-state index contributed by atoms with van der Waals surface area (Å²) in [7, 11) is 0. The minimum Gasteiger partial charge on any atom is -0.378 e. The van der Waals surface area contributed by atoms with Gasteiger partial charge >= 0.3 is 0 Å². The second kappa shape index (κ2) is 6.86. The van der Waals surface area contributed by atoms with Crippen LogP contribution in [0.4, 0.5) is 10.7 Å². The largest absolute Gasteiger partial charge is 0.378 e. The molecule has 1 unspecified atom stereocenters. The molecule has 24 heavy (non-hydrogen) atoms. The van der Waals surface area contributed by atoms with Crippen molar-refractivity contribution in [2.75, 3.05) is 55.7 Å². The minimum absolute atomic E-state index is 0.548. The first-order valence-corrected chi connectivity index (χ1v) is 9.72. The van der Waals surface area contributed by atoms with Crippen LogP contribution in [0.25, 0.3) is 10.1 Å². The molecule has 0 saturated carbocycles. The van der Waals surface area contributed by atoms with Crippen LogP contribution in [0.3, 0.4) is 0 Å². The topological polar surface area (TPSA) is 40.6 Å². The van der Waals surface area contributed by atoms with Gasteiger partial charge in [-0.25, -0.2) is 0 Å². The van der Waals surface area contributed by atoms with Gasteiger partial charge in [-0.1, -0.05) is 13.8 Å². The number of ether oxygens (including phenoxy) is 1. The molecule has 0 aromatic carbocycles. The van der Waals surface area contributed by atoms with Gasteiger partial charge in [-0.3, -0.25) is 4.98 Å². The summed E-state index contributed by atoms with van der Waals surface area (Å²) in [4.78, 5) is 9.46. The maximum atomic E-state index is 5.48. The number of pyridine rings is 1. The van der Waals surface area contributed by atoms with E-state index in [-0.39, 0.29) is 0 Å². The van der Waals surface area contributed by atoms with Crippen LogP contribution in [0.15, 0.2) is 18.5 Å². The van der Waals surface area contributed by atoms with E-state index >= 15 is 0 Å². The number of hydrogen-bond acceptors (Lipinski definition) is 6. The highest BCUT2D eigenvalue weighted by atomic mass is 32.1. The number of thiophene rings is 1. The molecule has 2 saturated heterocycles. The SMILES string of the molecule is CC(C)C1CN(c2cncc3sc(N4CCOCC4)cc23)CCN1. The van der Waals surface area contributed by atoms with Crippen molar-refractivity contribution in [3.05, 3.63) is 18.5 Å². The molecule has 2 fully saturated rings. The van der Waals surface area contributed by atoms with Gasteiger partial charge in [0.25, 0.3) is 0 Å². The lowest BCUT2D eigenvalue weighted by molar-refractivity contribution is 0.123. The van der Waals surface area contributed by atoms with E-state index in [2.05, 4.69) is 40.0 Å². The van der Waals surface area contributed by atoms with Gasteiger partial charge in [0.1, 0.15) is 0 Å². The molecule has 0 spiro atoms. The molecular formula is C18H26N4OS. The van der Waals surface area contributed by atoms with Crippen LogP contribution < -0.4 is 15.1 Å². The molecule has 2 aliphatic rings. The summed E-state index contributed by atoms with van der Waals surface area (Å²) in [6, 6.07) is 2.90. The van der Waals surface area contributed by atoms with Gasteiger partial charge in [-0.2, -0.15) is 0 Å². The van der Waals surface area contributed by atoms with Crippen LogP contribution >= 0.6 is 11.3 Å². The third-order valence-corrected chi connectivity index (χ3v) is 6.22. The van der Waals surface area contributed by atoms with Crippen molar-refractivity contribution in [2.45, 2.75) is 19.9 Å². The van der Waals surface area contributed by atoms with Crippen molar-refractivity contribution in [3.63, 3.8) is 0 Å². The van der Waals surface area contributed by atoms with Crippen LogP contribution in [0.5, 0.6) is 0 Å². The number of rotatable bonds is 3. The fourth-order valence-corrected chi connectivity index (χ4v) is 4.67. The predicted molar refractivity (Wildman–Crippen MR) is 101 cm³/mol. The molecular weight excluding hydrogens is 320 g/mol. The number of nitrogens with zero attached hydrogens (tertiary/aromatic N) is 3. The van der Waals surface area contributed by atoms with Crippen molar-refractivity contribution in [1.29, 1.82) is 0 Å². The molecule has 0 aliphatic carbocycles. The summed E-state index contributed by atoms with van der Waals surface area (Å²) in [6.45, 7) is 11.4.